The zero-order chi connectivity index (χ0) is 17.9. The number of nitrogens with zero attached hydrogens (tertiary/aromatic N) is 1. The van der Waals surface area contributed by atoms with Gasteiger partial charge in [0.2, 0.25) is 0 Å². The molecular weight excluding hydrogens is 352 g/mol. The first-order chi connectivity index (χ1) is 12.7. The van der Waals surface area contributed by atoms with Crippen LogP contribution in [0.5, 0.6) is 0 Å². The molecule has 1 N–H and O–H groups in total. The van der Waals surface area contributed by atoms with Crippen LogP contribution in [0.25, 0.3) is 11.5 Å². The van der Waals surface area contributed by atoms with E-state index in [9.17, 15) is 9.59 Å². The Morgan fingerprint density at radius 1 is 1.31 bits per heavy atom. The molecule has 7 heteroatoms. The van der Waals surface area contributed by atoms with Crippen LogP contribution >= 0.6 is 11.8 Å². The molecule has 2 aliphatic heterocycles. The molecule has 2 aliphatic rings. The second kappa shape index (κ2) is 7.72. The first-order valence-electron chi connectivity index (χ1n) is 9.00. The number of carbonyl (C=O) groups is 1. The quantitative estimate of drug-likeness (QED) is 0.871. The van der Waals surface area contributed by atoms with E-state index in [1.165, 1.54) is 0 Å². The molecule has 2 saturated heterocycles. The Kier molecular flexibility index (Phi) is 5.17. The van der Waals surface area contributed by atoms with E-state index in [0.717, 1.165) is 37.4 Å². The summed E-state index contributed by atoms with van der Waals surface area (Å²) in [6, 6.07) is 7.02. The Morgan fingerprint density at radius 2 is 2.23 bits per heavy atom. The van der Waals surface area contributed by atoms with Gasteiger partial charge < -0.3 is 19.0 Å². The molecule has 0 spiro atoms. The van der Waals surface area contributed by atoms with Gasteiger partial charge in [0.05, 0.1) is 18.1 Å². The van der Waals surface area contributed by atoms with Crippen molar-refractivity contribution in [3.05, 3.63) is 46.4 Å². The van der Waals surface area contributed by atoms with Gasteiger partial charge in [-0.3, -0.25) is 9.59 Å². The van der Waals surface area contributed by atoms with Crippen LogP contribution in [0.2, 0.25) is 0 Å². The number of nitrogens with one attached hydrogen (secondary N) is 1. The Hall–Kier alpha value is -1.99. The van der Waals surface area contributed by atoms with E-state index in [2.05, 4.69) is 4.98 Å². The van der Waals surface area contributed by atoms with Gasteiger partial charge >= 0.3 is 0 Å². The van der Waals surface area contributed by atoms with Crippen LogP contribution in [-0.4, -0.2) is 52.6 Å². The van der Waals surface area contributed by atoms with Gasteiger partial charge in [-0.2, -0.15) is 11.8 Å². The third kappa shape index (κ3) is 3.59. The summed E-state index contributed by atoms with van der Waals surface area (Å²) in [6.07, 6.45) is 4.59. The number of carbonyl (C=O) groups excluding carboxylic acids is 1. The third-order valence-corrected chi connectivity index (χ3v) is 6.10. The van der Waals surface area contributed by atoms with Crippen molar-refractivity contribution >= 4 is 17.7 Å². The number of furan rings is 1. The zero-order valence-corrected chi connectivity index (χ0v) is 15.3. The highest BCUT2D eigenvalue weighted by molar-refractivity contribution is 7.99. The van der Waals surface area contributed by atoms with Crippen molar-refractivity contribution in [3.8, 4) is 11.5 Å². The summed E-state index contributed by atoms with van der Waals surface area (Å²) in [4.78, 5) is 30.3. The summed E-state index contributed by atoms with van der Waals surface area (Å²) < 4.78 is 11.0. The highest BCUT2D eigenvalue weighted by Crippen LogP contribution is 2.26. The van der Waals surface area contributed by atoms with E-state index >= 15 is 0 Å². The van der Waals surface area contributed by atoms with Crippen molar-refractivity contribution in [2.75, 3.05) is 24.7 Å². The topological polar surface area (TPSA) is 75.5 Å². The molecule has 0 aromatic carbocycles. The number of hydrogen-bond donors (Lipinski definition) is 1. The lowest BCUT2D eigenvalue weighted by atomic mass is 10.1. The van der Waals surface area contributed by atoms with Crippen molar-refractivity contribution in [2.45, 2.75) is 31.4 Å². The molecule has 4 rings (SSSR count). The van der Waals surface area contributed by atoms with E-state index in [1.807, 2.05) is 16.7 Å². The highest BCUT2D eigenvalue weighted by Gasteiger charge is 2.32. The van der Waals surface area contributed by atoms with Crippen molar-refractivity contribution in [1.29, 1.82) is 0 Å². The molecule has 4 heterocycles. The van der Waals surface area contributed by atoms with Gasteiger partial charge in [-0.15, -0.1) is 0 Å². The minimum atomic E-state index is -0.383. The largest absolute Gasteiger partial charge is 0.463 e. The number of aromatic amines is 1. The number of amides is 1. The van der Waals surface area contributed by atoms with Gasteiger partial charge in [0.25, 0.3) is 11.5 Å². The Balaban J connectivity index is 1.59. The molecule has 0 saturated carbocycles. The van der Waals surface area contributed by atoms with E-state index < -0.39 is 0 Å². The summed E-state index contributed by atoms with van der Waals surface area (Å²) in [7, 11) is 0. The van der Waals surface area contributed by atoms with Gasteiger partial charge in [0, 0.05) is 24.9 Å². The molecule has 6 nitrogen and oxygen atoms in total. The summed E-state index contributed by atoms with van der Waals surface area (Å²) in [6.45, 7) is 1.31. The van der Waals surface area contributed by atoms with Crippen molar-refractivity contribution in [1.82, 2.24) is 9.88 Å². The number of aromatic nitrogens is 1. The minimum Gasteiger partial charge on any atom is -0.463 e. The zero-order valence-electron chi connectivity index (χ0n) is 14.5. The fourth-order valence-corrected chi connectivity index (χ4v) is 4.77. The molecule has 0 radical (unpaired) electrons. The average molecular weight is 374 g/mol. The van der Waals surface area contributed by atoms with Gasteiger partial charge in [0.1, 0.15) is 11.3 Å². The smallest absolute Gasteiger partial charge is 0.261 e. The lowest BCUT2D eigenvalue weighted by Gasteiger charge is -2.30. The van der Waals surface area contributed by atoms with Gasteiger partial charge in [-0.1, -0.05) is 0 Å². The Morgan fingerprint density at radius 3 is 2.88 bits per heavy atom. The number of H-pyrrole nitrogens is 1. The molecule has 138 valence electrons. The van der Waals surface area contributed by atoms with E-state index in [0.29, 0.717) is 18.0 Å². The summed E-state index contributed by atoms with van der Waals surface area (Å²) in [5.41, 5.74) is 0.362. The summed E-state index contributed by atoms with van der Waals surface area (Å²) >= 11 is 1.85. The van der Waals surface area contributed by atoms with Crippen LogP contribution in [-0.2, 0) is 4.74 Å². The SMILES string of the molecule is O=C(c1ccc(-c2ccco2)[nH]c1=O)N(C[C@H]1CCCO1)[C@H]1CCSC1. The first-order valence-corrected chi connectivity index (χ1v) is 10.2. The number of hydrogen-bond acceptors (Lipinski definition) is 5. The first kappa shape index (κ1) is 17.4. The normalized spacial score (nSPS) is 22.6. The molecule has 0 bridgehead atoms. The standard InChI is InChI=1S/C19H22N2O4S/c22-18-15(5-6-16(20-18)17-4-2-9-25-17)19(23)21(13-7-10-26-12-13)11-14-3-1-8-24-14/h2,4-6,9,13-14H,1,3,7-8,10-12H2,(H,20,22)/t13-,14+/m0/s1. The third-order valence-electron chi connectivity index (χ3n) is 4.96. The highest BCUT2D eigenvalue weighted by atomic mass is 32.2. The van der Waals surface area contributed by atoms with Crippen LogP contribution in [0.15, 0.2) is 39.7 Å². The molecule has 2 aromatic heterocycles. The Bertz CT molecular complexity index is 805. The number of thioether (sulfide) groups is 1. The molecule has 0 aliphatic carbocycles. The summed E-state index contributed by atoms with van der Waals surface area (Å²) in [5.74, 6) is 2.33. The van der Waals surface area contributed by atoms with Crippen LogP contribution in [0.4, 0.5) is 0 Å². The molecule has 2 atom stereocenters. The maximum absolute atomic E-state index is 13.2. The molecule has 0 unspecified atom stereocenters. The predicted molar refractivity (Wildman–Crippen MR) is 101 cm³/mol. The molecule has 1 amide bonds. The van der Waals surface area contributed by atoms with Gasteiger partial charge in [0.15, 0.2) is 0 Å². The number of rotatable bonds is 5. The Labute approximate surface area is 155 Å². The monoisotopic (exact) mass is 374 g/mol. The molecule has 26 heavy (non-hydrogen) atoms. The van der Waals surface area contributed by atoms with E-state index in [1.54, 1.807) is 30.5 Å². The second-order valence-electron chi connectivity index (χ2n) is 6.70. The van der Waals surface area contributed by atoms with Crippen molar-refractivity contribution in [3.63, 3.8) is 0 Å². The summed E-state index contributed by atoms with van der Waals surface area (Å²) in [5, 5.41) is 0. The van der Waals surface area contributed by atoms with Gasteiger partial charge in [-0.05, 0) is 49.3 Å². The minimum absolute atomic E-state index is 0.0750. The van der Waals surface area contributed by atoms with E-state index in [-0.39, 0.29) is 29.2 Å². The second-order valence-corrected chi connectivity index (χ2v) is 7.85. The lowest BCUT2D eigenvalue weighted by molar-refractivity contribution is 0.0440. The van der Waals surface area contributed by atoms with Crippen molar-refractivity contribution in [2.24, 2.45) is 0 Å². The maximum atomic E-state index is 13.2. The maximum Gasteiger partial charge on any atom is 0.261 e. The van der Waals surface area contributed by atoms with E-state index in [4.69, 9.17) is 9.15 Å². The predicted octanol–water partition coefficient (Wildman–Crippen LogP) is 2.76. The van der Waals surface area contributed by atoms with Crippen molar-refractivity contribution < 1.29 is 13.9 Å². The average Bonchev–Trinajstić information content (AvgIpc) is 3.42. The van der Waals surface area contributed by atoms with Crippen LogP contribution < -0.4 is 5.56 Å². The molecular formula is C19H22N2O4S. The fourth-order valence-electron chi connectivity index (χ4n) is 3.55. The van der Waals surface area contributed by atoms with Crippen LogP contribution in [0.1, 0.15) is 29.6 Å². The number of ether oxygens (including phenoxy) is 1. The lowest BCUT2D eigenvalue weighted by Crippen LogP contribution is -2.46. The number of pyridine rings is 1. The van der Waals surface area contributed by atoms with Crippen LogP contribution in [0.3, 0.4) is 0 Å². The molecule has 2 aromatic rings. The molecule has 2 fully saturated rings. The van der Waals surface area contributed by atoms with Crippen LogP contribution in [0, 0.1) is 0 Å². The fraction of sp³-hybridized carbons (Fsp3) is 0.474. The van der Waals surface area contributed by atoms with Gasteiger partial charge in [-0.25, -0.2) is 0 Å².